The first kappa shape index (κ1) is 24.6. The molecule has 0 amide bonds. The summed E-state index contributed by atoms with van der Waals surface area (Å²) in [4.78, 5) is 0. The smallest absolute Gasteiger partial charge is 0.0528 e. The first-order valence-corrected chi connectivity index (χ1v) is 12.2. The van der Waals surface area contributed by atoms with Crippen LogP contribution in [0.15, 0.2) is 65.1 Å². The molecular formula is C22H15BrCl2SZr-2. The van der Waals surface area contributed by atoms with Gasteiger partial charge in [0.25, 0.3) is 0 Å². The molecule has 0 saturated carbocycles. The number of hydrogen-bond donors (Lipinski definition) is 0. The van der Waals surface area contributed by atoms with Crippen LogP contribution in [-0.2, 0) is 35.5 Å². The van der Waals surface area contributed by atoms with Gasteiger partial charge in [-0.2, -0.15) is 18.2 Å². The van der Waals surface area contributed by atoms with Crippen molar-refractivity contribution in [2.45, 2.75) is 12.8 Å². The molecule has 2 aliphatic rings. The van der Waals surface area contributed by atoms with Crippen molar-refractivity contribution in [3.05, 3.63) is 99.5 Å². The normalized spacial score (nSPS) is 11.2. The van der Waals surface area contributed by atoms with Crippen molar-refractivity contribution in [2.24, 2.45) is 0 Å². The SMILES string of the molecule is Brc1cc[c-]c2c1-c1ccccc1C2.[Cl-].[Cl-].[S]=[Zr+2].[c-]1cccc2c1C=CC2. The van der Waals surface area contributed by atoms with Gasteiger partial charge in [0.2, 0.25) is 0 Å². The van der Waals surface area contributed by atoms with E-state index in [4.69, 9.17) is 0 Å². The topological polar surface area (TPSA) is 0 Å². The summed E-state index contributed by atoms with van der Waals surface area (Å²) in [5, 5.41) is 0. The molecule has 5 rings (SSSR count). The Morgan fingerprint density at radius 3 is 2.41 bits per heavy atom. The van der Waals surface area contributed by atoms with Gasteiger partial charge in [0.1, 0.15) is 0 Å². The van der Waals surface area contributed by atoms with Crippen molar-refractivity contribution in [1.82, 2.24) is 0 Å². The summed E-state index contributed by atoms with van der Waals surface area (Å²) in [6, 6.07) is 25.2. The zero-order chi connectivity index (χ0) is 17.6. The van der Waals surface area contributed by atoms with Crippen molar-refractivity contribution < 1.29 is 47.5 Å². The van der Waals surface area contributed by atoms with Gasteiger partial charge in [-0.05, 0) is 6.42 Å². The van der Waals surface area contributed by atoms with Gasteiger partial charge in [-0.15, -0.1) is 58.7 Å². The molecule has 0 fully saturated rings. The van der Waals surface area contributed by atoms with E-state index in [0.29, 0.717) is 0 Å². The first-order chi connectivity index (χ1) is 12.3. The van der Waals surface area contributed by atoms with E-state index >= 15 is 0 Å². The first-order valence-electron chi connectivity index (χ1n) is 7.97. The number of halogens is 3. The maximum Gasteiger partial charge on any atom is -0.0528 e. The molecule has 3 aromatic carbocycles. The maximum absolute atomic E-state index is 4.17. The van der Waals surface area contributed by atoms with Gasteiger partial charge in [0.05, 0.1) is 0 Å². The van der Waals surface area contributed by atoms with Gasteiger partial charge in [-0.1, -0.05) is 62.2 Å². The monoisotopic (exact) mass is 550 g/mol. The predicted molar refractivity (Wildman–Crippen MR) is 107 cm³/mol. The fourth-order valence-electron chi connectivity index (χ4n) is 3.18. The minimum absolute atomic E-state index is 0. The third-order valence-corrected chi connectivity index (χ3v) is 4.94. The standard InChI is InChI=1S/C13H8Br.C9H7.2ClH.S.Zr/c14-12-7-3-5-10-8-9-4-1-2-6-11(9)13(10)12;1-2-5-9-7-3-6-8(9)4-1;;;;/h1-4,6-7H,8H2;1-4,7H,6H2;2*1H;;/q2*-1;;;;+2/p-2. The molecule has 2 aliphatic carbocycles. The summed E-state index contributed by atoms with van der Waals surface area (Å²) in [5.74, 6) is 0. The molecule has 0 bridgehead atoms. The molecule has 136 valence electrons. The molecule has 0 radical (unpaired) electrons. The van der Waals surface area contributed by atoms with Gasteiger partial charge in [-0.25, -0.2) is 0 Å². The van der Waals surface area contributed by atoms with Crippen LogP contribution in [0.25, 0.3) is 17.2 Å². The Kier molecular flexibility index (Phi) is 11.1. The van der Waals surface area contributed by atoms with Crippen LogP contribution in [0.1, 0.15) is 22.3 Å². The Morgan fingerprint density at radius 2 is 1.63 bits per heavy atom. The minimum atomic E-state index is 0. The average molecular weight is 553 g/mol. The van der Waals surface area contributed by atoms with Crippen LogP contribution in [-0.4, -0.2) is 0 Å². The fourth-order valence-corrected chi connectivity index (χ4v) is 3.76. The van der Waals surface area contributed by atoms with Crippen molar-refractivity contribution in [3.63, 3.8) is 0 Å². The second-order valence-electron chi connectivity index (χ2n) is 5.73. The molecule has 0 nitrogen and oxygen atoms in total. The number of benzene rings is 3. The van der Waals surface area contributed by atoms with Gasteiger partial charge < -0.3 is 24.8 Å². The van der Waals surface area contributed by atoms with E-state index in [1.54, 1.807) is 0 Å². The van der Waals surface area contributed by atoms with E-state index in [1.807, 2.05) is 18.2 Å². The summed E-state index contributed by atoms with van der Waals surface area (Å²) >= 11 is 4.73. The van der Waals surface area contributed by atoms with Crippen LogP contribution in [0.4, 0.5) is 0 Å². The third kappa shape index (κ3) is 5.78. The zero-order valence-corrected chi connectivity index (χ0v) is 20.7. The van der Waals surface area contributed by atoms with E-state index in [0.717, 1.165) is 35.5 Å². The maximum atomic E-state index is 4.17. The van der Waals surface area contributed by atoms with Crippen LogP contribution < -0.4 is 24.8 Å². The van der Waals surface area contributed by atoms with Crippen LogP contribution in [0.5, 0.6) is 0 Å². The molecule has 0 saturated heterocycles. The second kappa shape index (κ2) is 12.2. The summed E-state index contributed by atoms with van der Waals surface area (Å²) in [5.41, 5.74) is 8.05. The Balaban J connectivity index is 0.000000247. The molecule has 0 aliphatic heterocycles. The summed E-state index contributed by atoms with van der Waals surface area (Å²) in [7, 11) is 4.17. The summed E-state index contributed by atoms with van der Waals surface area (Å²) in [6.07, 6.45) is 6.40. The van der Waals surface area contributed by atoms with Gasteiger partial charge in [0, 0.05) is 0 Å². The molecule has 5 heteroatoms. The summed E-state index contributed by atoms with van der Waals surface area (Å²) < 4.78 is 1.18. The van der Waals surface area contributed by atoms with E-state index in [2.05, 4.69) is 85.5 Å². The van der Waals surface area contributed by atoms with Crippen LogP contribution in [0, 0.1) is 12.1 Å². The molecule has 0 heterocycles. The van der Waals surface area contributed by atoms with Crippen LogP contribution in [0.2, 0.25) is 0 Å². The summed E-state index contributed by atoms with van der Waals surface area (Å²) in [6.45, 7) is 0. The Bertz CT molecular complexity index is 928. The average Bonchev–Trinajstić information content (AvgIpc) is 3.29. The van der Waals surface area contributed by atoms with E-state index < -0.39 is 0 Å². The van der Waals surface area contributed by atoms with Crippen molar-refractivity contribution in [3.8, 4) is 11.1 Å². The largest absolute Gasteiger partial charge is 0.147 e. The molecular weight excluding hydrogens is 538 g/mol. The van der Waals surface area contributed by atoms with E-state index in [9.17, 15) is 0 Å². The Morgan fingerprint density at radius 1 is 0.889 bits per heavy atom. The Labute approximate surface area is 200 Å². The molecule has 0 N–H and O–H groups in total. The third-order valence-electron chi connectivity index (χ3n) is 4.28. The Hall–Kier alpha value is -0.437. The second-order valence-corrected chi connectivity index (χ2v) is 6.58. The van der Waals surface area contributed by atoms with Gasteiger partial charge in [0.15, 0.2) is 0 Å². The zero-order valence-electron chi connectivity index (χ0n) is 14.3. The van der Waals surface area contributed by atoms with Crippen molar-refractivity contribution in [2.75, 3.05) is 0 Å². The molecule has 0 atom stereocenters. The van der Waals surface area contributed by atoms with Crippen molar-refractivity contribution in [1.29, 1.82) is 0 Å². The molecule has 0 unspecified atom stereocenters. The van der Waals surface area contributed by atoms with Crippen LogP contribution >= 0.6 is 24.8 Å². The number of fused-ring (bicyclic) bond motifs is 4. The molecule has 27 heavy (non-hydrogen) atoms. The number of hydrogen-bond acceptors (Lipinski definition) is 1. The molecule has 0 aromatic heterocycles. The van der Waals surface area contributed by atoms with Gasteiger partial charge >= 0.3 is 31.5 Å². The van der Waals surface area contributed by atoms with Gasteiger partial charge in [-0.3, -0.25) is 0 Å². The van der Waals surface area contributed by atoms with Crippen LogP contribution in [0.3, 0.4) is 0 Å². The van der Waals surface area contributed by atoms with Crippen molar-refractivity contribution >= 4 is 30.9 Å². The number of rotatable bonds is 0. The predicted octanol–water partition coefficient (Wildman–Crippen LogP) is 0.530. The minimum Gasteiger partial charge on any atom is -0.147 e. The van der Waals surface area contributed by atoms with E-state index in [1.165, 1.54) is 37.9 Å². The molecule has 0 spiro atoms. The quantitative estimate of drug-likeness (QED) is 0.287. The van der Waals surface area contributed by atoms with E-state index in [-0.39, 0.29) is 24.8 Å². The number of allylic oxidation sites excluding steroid dienone is 1. The molecule has 3 aromatic rings. The fraction of sp³-hybridized carbons (Fsp3) is 0.0909.